The molecule has 0 atom stereocenters. The molecule has 1 amide bonds. The van der Waals surface area contributed by atoms with E-state index in [0.29, 0.717) is 12.8 Å². The molecule has 8 heteroatoms. The fourth-order valence-corrected chi connectivity index (χ4v) is 3.05. The van der Waals surface area contributed by atoms with Gasteiger partial charge in [0.25, 0.3) is 0 Å². The number of nitrogens with zero attached hydrogens (tertiary/aromatic N) is 2. The molecule has 0 spiro atoms. The van der Waals surface area contributed by atoms with Gasteiger partial charge in [0.15, 0.2) is 0 Å². The summed E-state index contributed by atoms with van der Waals surface area (Å²) < 4.78 is 0. The number of carbonyl (C=O) groups is 1. The summed E-state index contributed by atoms with van der Waals surface area (Å²) in [6, 6.07) is 1.40. The maximum atomic E-state index is 12.7. The average Bonchev–Trinajstić information content (AvgIpc) is 2.47. The topological polar surface area (TPSA) is 97.2 Å². The minimum atomic E-state index is -0.849. The zero-order valence-corrected chi connectivity index (χ0v) is 14.0. The van der Waals surface area contributed by atoms with Gasteiger partial charge >= 0.3 is 5.69 Å². The highest BCUT2D eigenvalue weighted by atomic mass is 35.5. The van der Waals surface area contributed by atoms with Crippen molar-refractivity contribution in [1.82, 2.24) is 10.3 Å². The van der Waals surface area contributed by atoms with E-state index in [1.54, 1.807) is 0 Å². The van der Waals surface area contributed by atoms with Gasteiger partial charge in [-0.3, -0.25) is 14.9 Å². The van der Waals surface area contributed by atoms with E-state index in [4.69, 9.17) is 11.6 Å². The highest BCUT2D eigenvalue weighted by molar-refractivity contribution is 6.29. The number of nitrogens with one attached hydrogen (secondary N) is 2. The van der Waals surface area contributed by atoms with Crippen molar-refractivity contribution in [2.24, 2.45) is 0 Å². The molecule has 1 aromatic heterocycles. The molecule has 1 fully saturated rings. The van der Waals surface area contributed by atoms with E-state index < -0.39 is 10.5 Å². The van der Waals surface area contributed by atoms with Crippen LogP contribution >= 0.6 is 11.6 Å². The predicted octanol–water partition coefficient (Wildman–Crippen LogP) is 3.28. The van der Waals surface area contributed by atoms with E-state index in [1.807, 2.05) is 13.8 Å². The molecule has 2 N–H and O–H groups in total. The molecular weight excluding hydrogens is 320 g/mol. The SMILES string of the molecule is CC(C)NC(=O)C1(Nc2cc(Cl)ncc2[N+](=O)[O-])CCCCC1. The lowest BCUT2D eigenvalue weighted by atomic mass is 9.80. The van der Waals surface area contributed by atoms with Crippen molar-refractivity contribution in [1.29, 1.82) is 0 Å². The largest absolute Gasteiger partial charge is 0.365 e. The first-order chi connectivity index (χ1) is 10.8. The molecule has 0 radical (unpaired) electrons. The zero-order valence-electron chi connectivity index (χ0n) is 13.3. The molecule has 7 nitrogen and oxygen atoms in total. The quantitative estimate of drug-likeness (QED) is 0.487. The molecule has 1 heterocycles. The monoisotopic (exact) mass is 340 g/mol. The minimum Gasteiger partial charge on any atom is -0.365 e. The smallest absolute Gasteiger partial charge is 0.310 e. The van der Waals surface area contributed by atoms with Gasteiger partial charge in [-0.1, -0.05) is 30.9 Å². The highest BCUT2D eigenvalue weighted by Gasteiger charge is 2.41. The number of pyridine rings is 1. The number of aromatic nitrogens is 1. The van der Waals surface area contributed by atoms with Gasteiger partial charge in [-0.25, -0.2) is 4.98 Å². The summed E-state index contributed by atoms with van der Waals surface area (Å²) in [4.78, 5) is 27.1. The van der Waals surface area contributed by atoms with Gasteiger partial charge in [0, 0.05) is 12.1 Å². The summed E-state index contributed by atoms with van der Waals surface area (Å²) in [5.74, 6) is -0.130. The number of carbonyl (C=O) groups excluding carboxylic acids is 1. The maximum Gasteiger partial charge on any atom is 0.310 e. The lowest BCUT2D eigenvalue weighted by molar-refractivity contribution is -0.384. The lowest BCUT2D eigenvalue weighted by Gasteiger charge is -2.37. The van der Waals surface area contributed by atoms with Crippen LogP contribution in [0.25, 0.3) is 0 Å². The van der Waals surface area contributed by atoms with Gasteiger partial charge in [-0.05, 0) is 26.7 Å². The maximum absolute atomic E-state index is 12.7. The third-order valence-electron chi connectivity index (χ3n) is 3.98. The molecule has 0 saturated heterocycles. The summed E-state index contributed by atoms with van der Waals surface area (Å²) >= 11 is 5.87. The predicted molar refractivity (Wildman–Crippen MR) is 88.6 cm³/mol. The molecule has 0 aliphatic heterocycles. The van der Waals surface area contributed by atoms with E-state index in [2.05, 4.69) is 15.6 Å². The first-order valence-electron chi connectivity index (χ1n) is 7.73. The molecule has 0 aromatic carbocycles. The molecule has 0 unspecified atom stereocenters. The second kappa shape index (κ2) is 7.12. The summed E-state index contributed by atoms with van der Waals surface area (Å²) in [6.45, 7) is 3.78. The Morgan fingerprint density at radius 3 is 2.61 bits per heavy atom. The van der Waals surface area contributed by atoms with Crippen LogP contribution in [-0.2, 0) is 4.79 Å². The van der Waals surface area contributed by atoms with Crippen molar-refractivity contribution >= 4 is 28.9 Å². The second-order valence-corrected chi connectivity index (χ2v) is 6.56. The molecule has 0 bridgehead atoms. The van der Waals surface area contributed by atoms with Crippen molar-refractivity contribution in [2.75, 3.05) is 5.32 Å². The highest BCUT2D eigenvalue weighted by Crippen LogP contribution is 2.35. The third kappa shape index (κ3) is 4.10. The van der Waals surface area contributed by atoms with Gasteiger partial charge in [-0.15, -0.1) is 0 Å². The number of rotatable bonds is 5. The summed E-state index contributed by atoms with van der Waals surface area (Å²) in [6.07, 6.45) is 5.21. The summed E-state index contributed by atoms with van der Waals surface area (Å²) in [7, 11) is 0. The number of hydrogen-bond donors (Lipinski definition) is 2. The Morgan fingerprint density at radius 1 is 1.39 bits per heavy atom. The Labute approximate surface area is 140 Å². The van der Waals surface area contributed by atoms with Gasteiger partial charge < -0.3 is 10.6 Å². The molecular formula is C15H21ClN4O3. The summed E-state index contributed by atoms with van der Waals surface area (Å²) in [5, 5.41) is 17.4. The second-order valence-electron chi connectivity index (χ2n) is 6.18. The number of hydrogen-bond acceptors (Lipinski definition) is 5. The number of amides is 1. The Morgan fingerprint density at radius 2 is 2.04 bits per heavy atom. The Bertz CT molecular complexity index is 600. The molecule has 1 aliphatic rings. The van der Waals surface area contributed by atoms with Crippen LogP contribution in [0.4, 0.5) is 11.4 Å². The van der Waals surface area contributed by atoms with Crippen LogP contribution in [0.2, 0.25) is 5.15 Å². The fraction of sp³-hybridized carbons (Fsp3) is 0.600. The first kappa shape index (κ1) is 17.5. The van der Waals surface area contributed by atoms with E-state index in [0.717, 1.165) is 25.5 Å². The zero-order chi connectivity index (χ0) is 17.0. The van der Waals surface area contributed by atoms with Gasteiger partial charge in [0.2, 0.25) is 5.91 Å². The fourth-order valence-electron chi connectivity index (χ4n) is 2.89. The molecule has 1 saturated carbocycles. The van der Waals surface area contributed by atoms with E-state index >= 15 is 0 Å². The van der Waals surface area contributed by atoms with E-state index in [1.165, 1.54) is 6.07 Å². The minimum absolute atomic E-state index is 0.000819. The molecule has 2 rings (SSSR count). The van der Waals surface area contributed by atoms with Crippen molar-refractivity contribution in [3.05, 3.63) is 27.5 Å². The van der Waals surface area contributed by atoms with Crippen LogP contribution in [-0.4, -0.2) is 27.4 Å². The van der Waals surface area contributed by atoms with Crippen LogP contribution in [0, 0.1) is 10.1 Å². The average molecular weight is 341 g/mol. The van der Waals surface area contributed by atoms with Crippen LogP contribution in [0.5, 0.6) is 0 Å². The Kier molecular flexibility index (Phi) is 5.41. The number of nitro groups is 1. The number of halogens is 1. The van der Waals surface area contributed by atoms with Gasteiger partial charge in [-0.2, -0.15) is 0 Å². The van der Waals surface area contributed by atoms with Crippen LogP contribution in [0.3, 0.4) is 0 Å². The molecule has 126 valence electrons. The van der Waals surface area contributed by atoms with Gasteiger partial charge in [0.05, 0.1) is 4.92 Å². The van der Waals surface area contributed by atoms with E-state index in [-0.39, 0.29) is 28.5 Å². The van der Waals surface area contributed by atoms with Crippen LogP contribution in [0.15, 0.2) is 12.3 Å². The van der Waals surface area contributed by atoms with Crippen molar-refractivity contribution in [3.63, 3.8) is 0 Å². The van der Waals surface area contributed by atoms with Crippen LogP contribution in [0.1, 0.15) is 46.0 Å². The normalized spacial score (nSPS) is 16.9. The van der Waals surface area contributed by atoms with E-state index in [9.17, 15) is 14.9 Å². The lowest BCUT2D eigenvalue weighted by Crippen LogP contribution is -2.55. The van der Waals surface area contributed by atoms with Crippen LogP contribution < -0.4 is 10.6 Å². The Balaban J connectivity index is 2.37. The third-order valence-corrected chi connectivity index (χ3v) is 4.19. The molecule has 1 aliphatic carbocycles. The molecule has 1 aromatic rings. The van der Waals surface area contributed by atoms with Gasteiger partial charge in [0.1, 0.15) is 22.6 Å². The standard InChI is InChI=1S/C15H21ClN4O3/c1-10(2)18-14(21)15(6-4-3-5-7-15)19-11-8-13(16)17-9-12(11)20(22)23/h8-10H,3-7H2,1-2H3,(H,17,19)(H,18,21). The van der Waals surface area contributed by atoms with Crippen molar-refractivity contribution in [3.8, 4) is 0 Å². The first-order valence-corrected chi connectivity index (χ1v) is 8.11. The molecule has 23 heavy (non-hydrogen) atoms. The van der Waals surface area contributed by atoms with Crippen molar-refractivity contribution < 1.29 is 9.72 Å². The number of anilines is 1. The van der Waals surface area contributed by atoms with Crippen molar-refractivity contribution in [2.45, 2.75) is 57.5 Å². The Hall–Kier alpha value is -1.89. The summed E-state index contributed by atoms with van der Waals surface area (Å²) in [5.41, 5.74) is -0.801.